The van der Waals surface area contributed by atoms with Gasteiger partial charge in [0.25, 0.3) is 0 Å². The first kappa shape index (κ1) is 15.5. The second-order valence-corrected chi connectivity index (χ2v) is 5.54. The Morgan fingerprint density at radius 3 is 2.39 bits per heavy atom. The van der Waals surface area contributed by atoms with Gasteiger partial charge in [-0.15, -0.1) is 0 Å². The first-order valence-electron chi connectivity index (χ1n) is 8.20. The highest BCUT2D eigenvalue weighted by Gasteiger charge is 2.02. The summed E-state index contributed by atoms with van der Waals surface area (Å²) in [5.74, 6) is 1.27. The van der Waals surface area contributed by atoms with Crippen LogP contribution in [-0.2, 0) is 0 Å². The number of aliphatic imine (C=N–C) groups is 1. The third-order valence-electron chi connectivity index (χ3n) is 3.73. The molecule has 1 heterocycles. The van der Waals surface area contributed by atoms with Crippen molar-refractivity contribution < 1.29 is 0 Å². The van der Waals surface area contributed by atoms with E-state index in [0.29, 0.717) is 0 Å². The average Bonchev–Trinajstić information content (AvgIpc) is 2.65. The lowest BCUT2D eigenvalue weighted by molar-refractivity contribution is 0.572. The molecule has 1 rings (SSSR count). The van der Waals surface area contributed by atoms with Gasteiger partial charge in [-0.2, -0.15) is 0 Å². The van der Waals surface area contributed by atoms with Gasteiger partial charge in [0.15, 0.2) is 0 Å². The van der Waals surface area contributed by atoms with Crippen LogP contribution in [0.2, 0.25) is 0 Å². The van der Waals surface area contributed by atoms with Crippen molar-refractivity contribution in [3.8, 4) is 0 Å². The number of unbranched alkanes of at least 4 members (excludes halogenated alkanes) is 7. The summed E-state index contributed by atoms with van der Waals surface area (Å²) >= 11 is 0. The minimum absolute atomic E-state index is 1.04. The van der Waals surface area contributed by atoms with E-state index in [4.69, 9.17) is 0 Å². The van der Waals surface area contributed by atoms with Crippen LogP contribution in [0.3, 0.4) is 0 Å². The van der Waals surface area contributed by atoms with Crippen molar-refractivity contribution in [1.82, 2.24) is 5.32 Å². The molecule has 0 fully saturated rings. The van der Waals surface area contributed by atoms with Crippen molar-refractivity contribution in [3.63, 3.8) is 0 Å². The second-order valence-electron chi connectivity index (χ2n) is 5.54. The Morgan fingerprint density at radius 2 is 1.61 bits per heavy atom. The van der Waals surface area contributed by atoms with Crippen LogP contribution in [0.15, 0.2) is 4.99 Å². The van der Waals surface area contributed by atoms with E-state index >= 15 is 0 Å². The van der Waals surface area contributed by atoms with Gasteiger partial charge in [0, 0.05) is 19.5 Å². The Balaban J connectivity index is 1.84. The Kier molecular flexibility index (Phi) is 9.97. The number of hydrogen-bond donors (Lipinski definition) is 1. The van der Waals surface area contributed by atoms with Gasteiger partial charge in [-0.05, 0) is 19.3 Å². The molecule has 0 saturated carbocycles. The van der Waals surface area contributed by atoms with Crippen LogP contribution in [0, 0.1) is 0 Å². The Hall–Kier alpha value is -0.530. The van der Waals surface area contributed by atoms with Crippen molar-refractivity contribution in [1.29, 1.82) is 0 Å². The molecule has 2 heteroatoms. The summed E-state index contributed by atoms with van der Waals surface area (Å²) in [6.45, 7) is 4.45. The molecule has 0 bridgehead atoms. The summed E-state index contributed by atoms with van der Waals surface area (Å²) in [5, 5.41) is 3.52. The van der Waals surface area contributed by atoms with Gasteiger partial charge in [0.1, 0.15) is 0 Å². The number of hydrogen-bond acceptors (Lipinski definition) is 2. The summed E-state index contributed by atoms with van der Waals surface area (Å²) in [6.07, 6.45) is 16.3. The van der Waals surface area contributed by atoms with Crippen LogP contribution in [0.1, 0.15) is 84.0 Å². The summed E-state index contributed by atoms with van der Waals surface area (Å²) in [6, 6.07) is 0. The quantitative estimate of drug-likeness (QED) is 0.592. The first-order chi connectivity index (χ1) is 8.93. The molecule has 0 spiro atoms. The first-order valence-corrected chi connectivity index (χ1v) is 8.20. The highest BCUT2D eigenvalue weighted by Crippen LogP contribution is 2.09. The van der Waals surface area contributed by atoms with Crippen LogP contribution in [0.4, 0.5) is 0 Å². The van der Waals surface area contributed by atoms with E-state index in [1.54, 1.807) is 0 Å². The Labute approximate surface area is 114 Å². The van der Waals surface area contributed by atoms with Crippen molar-refractivity contribution >= 4 is 5.84 Å². The fraction of sp³-hybridized carbons (Fsp3) is 0.938. The number of nitrogens with one attached hydrogen (secondary N) is 1. The van der Waals surface area contributed by atoms with E-state index in [0.717, 1.165) is 13.1 Å². The molecule has 0 saturated heterocycles. The SMILES string of the molecule is CCCCCCCCCCNC1=NCCCCC1. The Bertz CT molecular complexity index is 211. The minimum atomic E-state index is 1.04. The summed E-state index contributed by atoms with van der Waals surface area (Å²) in [5.41, 5.74) is 0. The van der Waals surface area contributed by atoms with Crippen LogP contribution in [0.5, 0.6) is 0 Å². The van der Waals surface area contributed by atoms with Gasteiger partial charge >= 0.3 is 0 Å². The lowest BCUT2D eigenvalue weighted by Gasteiger charge is -2.08. The topological polar surface area (TPSA) is 24.4 Å². The van der Waals surface area contributed by atoms with Crippen molar-refractivity contribution in [2.24, 2.45) is 4.99 Å². The van der Waals surface area contributed by atoms with E-state index in [1.165, 1.54) is 82.9 Å². The van der Waals surface area contributed by atoms with E-state index in [2.05, 4.69) is 17.2 Å². The van der Waals surface area contributed by atoms with E-state index < -0.39 is 0 Å². The molecule has 18 heavy (non-hydrogen) atoms. The monoisotopic (exact) mass is 252 g/mol. The molecular weight excluding hydrogens is 220 g/mol. The smallest absolute Gasteiger partial charge is 0.0963 e. The maximum Gasteiger partial charge on any atom is 0.0963 e. The van der Waals surface area contributed by atoms with Gasteiger partial charge in [-0.1, -0.05) is 58.3 Å². The van der Waals surface area contributed by atoms with Crippen LogP contribution in [-0.4, -0.2) is 18.9 Å². The minimum Gasteiger partial charge on any atom is -0.374 e. The second kappa shape index (κ2) is 11.6. The lowest BCUT2D eigenvalue weighted by Crippen LogP contribution is -2.24. The third kappa shape index (κ3) is 8.54. The summed E-state index contributed by atoms with van der Waals surface area (Å²) in [4.78, 5) is 4.60. The maximum atomic E-state index is 4.60. The molecule has 1 aliphatic heterocycles. The zero-order chi connectivity index (χ0) is 12.9. The molecule has 1 N–H and O–H groups in total. The van der Waals surface area contributed by atoms with Crippen LogP contribution < -0.4 is 5.32 Å². The standard InChI is InChI=1S/C16H32N2/c1-2-3-4-5-6-7-8-11-14-17-16-13-10-9-12-15-18-16/h2-15H2,1H3,(H,17,18). The molecule has 1 aliphatic rings. The molecule has 0 aromatic heterocycles. The molecule has 0 aromatic carbocycles. The van der Waals surface area contributed by atoms with E-state index in [-0.39, 0.29) is 0 Å². The van der Waals surface area contributed by atoms with Gasteiger partial charge in [-0.3, -0.25) is 4.99 Å². The molecule has 106 valence electrons. The van der Waals surface area contributed by atoms with E-state index in [9.17, 15) is 0 Å². The maximum absolute atomic E-state index is 4.60. The van der Waals surface area contributed by atoms with Gasteiger partial charge in [-0.25, -0.2) is 0 Å². The third-order valence-corrected chi connectivity index (χ3v) is 3.73. The fourth-order valence-electron chi connectivity index (χ4n) is 2.51. The number of rotatable bonds is 9. The summed E-state index contributed by atoms with van der Waals surface area (Å²) < 4.78 is 0. The predicted molar refractivity (Wildman–Crippen MR) is 81.4 cm³/mol. The molecular formula is C16H32N2. The molecule has 0 unspecified atom stereocenters. The number of nitrogens with zero attached hydrogens (tertiary/aromatic N) is 1. The van der Waals surface area contributed by atoms with E-state index in [1.807, 2.05) is 0 Å². The molecule has 0 atom stereocenters. The summed E-state index contributed by atoms with van der Waals surface area (Å²) in [7, 11) is 0. The van der Waals surface area contributed by atoms with Crippen molar-refractivity contribution in [2.45, 2.75) is 84.0 Å². The Morgan fingerprint density at radius 1 is 0.889 bits per heavy atom. The predicted octanol–water partition coefficient (Wildman–Crippen LogP) is 4.69. The zero-order valence-corrected chi connectivity index (χ0v) is 12.3. The fourth-order valence-corrected chi connectivity index (χ4v) is 2.51. The molecule has 2 nitrogen and oxygen atoms in total. The zero-order valence-electron chi connectivity index (χ0n) is 12.3. The van der Waals surface area contributed by atoms with Crippen molar-refractivity contribution in [2.75, 3.05) is 13.1 Å². The molecule has 0 radical (unpaired) electrons. The van der Waals surface area contributed by atoms with Gasteiger partial charge in [0.2, 0.25) is 0 Å². The normalized spacial score (nSPS) is 16.2. The largest absolute Gasteiger partial charge is 0.374 e. The number of amidine groups is 1. The molecule has 0 amide bonds. The van der Waals surface area contributed by atoms with Crippen molar-refractivity contribution in [3.05, 3.63) is 0 Å². The van der Waals surface area contributed by atoms with Crippen LogP contribution in [0.25, 0.3) is 0 Å². The molecule has 0 aliphatic carbocycles. The van der Waals surface area contributed by atoms with Gasteiger partial charge < -0.3 is 5.32 Å². The van der Waals surface area contributed by atoms with Gasteiger partial charge in [0.05, 0.1) is 5.84 Å². The lowest BCUT2D eigenvalue weighted by atomic mass is 10.1. The highest BCUT2D eigenvalue weighted by molar-refractivity contribution is 5.82. The molecule has 0 aromatic rings. The average molecular weight is 252 g/mol. The van der Waals surface area contributed by atoms with Crippen LogP contribution >= 0.6 is 0 Å². The highest BCUT2D eigenvalue weighted by atomic mass is 15.0.